The smallest absolute Gasteiger partial charge is 0.233 e. The van der Waals surface area contributed by atoms with Crippen LogP contribution in [0.1, 0.15) is 38.5 Å². The summed E-state index contributed by atoms with van der Waals surface area (Å²) in [6.45, 7) is -0.239. The van der Waals surface area contributed by atoms with Crippen molar-refractivity contribution in [1.29, 1.82) is 0 Å². The van der Waals surface area contributed by atoms with Gasteiger partial charge in [-0.2, -0.15) is 0 Å². The first-order chi connectivity index (χ1) is 6.89. The van der Waals surface area contributed by atoms with E-state index in [1.54, 1.807) is 0 Å². The van der Waals surface area contributed by atoms with Gasteiger partial charge in [-0.15, -0.1) is 0 Å². The molecule has 0 aromatic rings. The van der Waals surface area contributed by atoms with Gasteiger partial charge in [-0.25, -0.2) is 8.42 Å². The van der Waals surface area contributed by atoms with Crippen molar-refractivity contribution in [2.75, 3.05) is 12.4 Å². The van der Waals surface area contributed by atoms with Gasteiger partial charge in [0, 0.05) is 10.7 Å². The summed E-state index contributed by atoms with van der Waals surface area (Å²) >= 11 is 0. The Labute approximate surface area is 94.6 Å². The first kappa shape index (κ1) is 11.6. The number of hydrogen-bond donors (Lipinski definition) is 0. The molecule has 0 radical (unpaired) electrons. The predicted octanol–water partition coefficient (Wildman–Crippen LogP) is 2.87. The van der Waals surface area contributed by atoms with Crippen LogP contribution in [0.25, 0.3) is 0 Å². The van der Waals surface area contributed by atoms with Crippen LogP contribution in [-0.4, -0.2) is 20.8 Å². The van der Waals surface area contributed by atoms with E-state index >= 15 is 0 Å². The lowest BCUT2D eigenvalue weighted by molar-refractivity contribution is -0.192. The number of hydrogen-bond acceptors (Lipinski definition) is 2. The normalized spacial score (nSPS) is 38.3. The fourth-order valence-electron chi connectivity index (χ4n) is 3.61. The largest absolute Gasteiger partial charge is 0.251 e. The van der Waals surface area contributed by atoms with Gasteiger partial charge in [-0.1, -0.05) is 6.42 Å². The van der Waals surface area contributed by atoms with Crippen molar-refractivity contribution >= 4 is 19.7 Å². The van der Waals surface area contributed by atoms with E-state index in [4.69, 9.17) is 10.7 Å². The molecule has 3 rings (SSSR count). The molecule has 3 aliphatic rings. The van der Waals surface area contributed by atoms with Crippen LogP contribution in [0.4, 0.5) is 4.39 Å². The van der Waals surface area contributed by atoms with E-state index in [9.17, 15) is 12.8 Å². The van der Waals surface area contributed by atoms with Gasteiger partial charge in [0.15, 0.2) is 0 Å². The van der Waals surface area contributed by atoms with E-state index in [1.165, 1.54) is 0 Å². The first-order valence-corrected chi connectivity index (χ1v) is 7.85. The molecule has 15 heavy (non-hydrogen) atoms. The zero-order valence-electron chi connectivity index (χ0n) is 8.64. The Kier molecular flexibility index (Phi) is 2.79. The molecule has 0 heterocycles. The maximum absolute atomic E-state index is 11.9. The first-order valence-electron chi connectivity index (χ1n) is 5.37. The van der Waals surface area contributed by atoms with Crippen LogP contribution in [0, 0.1) is 10.8 Å². The summed E-state index contributed by atoms with van der Waals surface area (Å²) in [6.07, 6.45) is 5.58. The van der Waals surface area contributed by atoms with Crippen LogP contribution in [0.15, 0.2) is 0 Å². The molecular formula is C10H16ClFO2S. The molecule has 3 aliphatic carbocycles. The Bertz CT molecular complexity index is 333. The topological polar surface area (TPSA) is 34.1 Å². The Hall–Kier alpha value is 0.170. The Morgan fingerprint density at radius 1 is 1.13 bits per heavy atom. The number of rotatable bonds is 6. The summed E-state index contributed by atoms with van der Waals surface area (Å²) in [5, 5.41) is 0. The molecule has 5 heteroatoms. The summed E-state index contributed by atoms with van der Waals surface area (Å²) in [5.74, 6) is 0.131. The third kappa shape index (κ3) is 2.31. The van der Waals surface area contributed by atoms with Crippen LogP contribution in [-0.2, 0) is 9.05 Å². The number of halogens is 2. The van der Waals surface area contributed by atoms with Gasteiger partial charge in [0.1, 0.15) is 0 Å². The Morgan fingerprint density at radius 2 is 1.73 bits per heavy atom. The standard InChI is InChI=1S/C10H16ClFO2S/c11-15(13,14)8-10-5-9(6-10,7-10)3-1-2-4-12/h1-8H2. The zero-order valence-corrected chi connectivity index (χ0v) is 10.2. The van der Waals surface area contributed by atoms with Crippen molar-refractivity contribution in [2.45, 2.75) is 38.5 Å². The van der Waals surface area contributed by atoms with Crippen molar-refractivity contribution in [3.63, 3.8) is 0 Å². The minimum absolute atomic E-state index is 0.00367. The number of unbranched alkanes of at least 4 members (excludes halogenated alkanes) is 1. The molecule has 0 spiro atoms. The van der Waals surface area contributed by atoms with E-state index in [2.05, 4.69) is 0 Å². The lowest BCUT2D eigenvalue weighted by atomic mass is 9.35. The Balaban J connectivity index is 1.75. The molecule has 0 amide bonds. The molecule has 0 aliphatic heterocycles. The molecule has 0 aromatic carbocycles. The van der Waals surface area contributed by atoms with Crippen molar-refractivity contribution < 1.29 is 12.8 Å². The van der Waals surface area contributed by atoms with Crippen LogP contribution in [0.5, 0.6) is 0 Å². The highest BCUT2D eigenvalue weighted by molar-refractivity contribution is 8.13. The molecule has 0 unspecified atom stereocenters. The molecule has 2 nitrogen and oxygen atoms in total. The lowest BCUT2D eigenvalue weighted by Gasteiger charge is -2.71. The van der Waals surface area contributed by atoms with Gasteiger partial charge in [0.25, 0.3) is 0 Å². The molecule has 3 saturated carbocycles. The third-order valence-corrected chi connectivity index (χ3v) is 5.10. The van der Waals surface area contributed by atoms with E-state index in [0.29, 0.717) is 11.8 Å². The zero-order chi connectivity index (χ0) is 11.2. The van der Waals surface area contributed by atoms with E-state index < -0.39 is 9.05 Å². The molecule has 88 valence electrons. The van der Waals surface area contributed by atoms with Crippen molar-refractivity contribution in [3.05, 3.63) is 0 Å². The molecule has 0 aromatic heterocycles. The molecule has 0 N–H and O–H groups in total. The minimum Gasteiger partial charge on any atom is -0.251 e. The quantitative estimate of drug-likeness (QED) is 0.540. The highest BCUT2D eigenvalue weighted by Crippen LogP contribution is 2.75. The highest BCUT2D eigenvalue weighted by atomic mass is 35.7. The second kappa shape index (κ2) is 3.59. The van der Waals surface area contributed by atoms with Crippen LogP contribution >= 0.6 is 10.7 Å². The van der Waals surface area contributed by atoms with Crippen molar-refractivity contribution in [2.24, 2.45) is 10.8 Å². The highest BCUT2D eigenvalue weighted by Gasteiger charge is 2.67. The van der Waals surface area contributed by atoms with E-state index in [-0.39, 0.29) is 17.8 Å². The Morgan fingerprint density at radius 3 is 2.20 bits per heavy atom. The molecule has 3 fully saturated rings. The van der Waals surface area contributed by atoms with Gasteiger partial charge in [-0.05, 0) is 42.9 Å². The average Bonchev–Trinajstić information content (AvgIpc) is 1.95. The van der Waals surface area contributed by atoms with Crippen LogP contribution < -0.4 is 0 Å². The third-order valence-electron chi connectivity index (χ3n) is 3.82. The van der Waals surface area contributed by atoms with Gasteiger partial charge < -0.3 is 0 Å². The van der Waals surface area contributed by atoms with Crippen molar-refractivity contribution in [3.8, 4) is 0 Å². The fraction of sp³-hybridized carbons (Fsp3) is 1.00. The average molecular weight is 255 g/mol. The fourth-order valence-corrected chi connectivity index (χ4v) is 5.34. The monoisotopic (exact) mass is 254 g/mol. The maximum atomic E-state index is 11.9. The van der Waals surface area contributed by atoms with E-state index in [0.717, 1.165) is 32.1 Å². The summed E-state index contributed by atoms with van der Waals surface area (Å²) in [6, 6.07) is 0. The van der Waals surface area contributed by atoms with E-state index in [1.807, 2.05) is 0 Å². The van der Waals surface area contributed by atoms with Gasteiger partial charge in [-0.3, -0.25) is 4.39 Å². The molecule has 0 atom stereocenters. The molecular weight excluding hydrogens is 239 g/mol. The van der Waals surface area contributed by atoms with Gasteiger partial charge in [0.2, 0.25) is 9.05 Å². The number of alkyl halides is 1. The second-order valence-electron chi connectivity index (χ2n) is 5.36. The van der Waals surface area contributed by atoms with Crippen LogP contribution in [0.3, 0.4) is 0 Å². The predicted molar refractivity (Wildman–Crippen MR) is 58.2 cm³/mol. The SMILES string of the molecule is O=S(=O)(Cl)CC12CC(CCCCF)(C1)C2. The summed E-state index contributed by atoms with van der Waals surface area (Å²) < 4.78 is 33.8. The van der Waals surface area contributed by atoms with Gasteiger partial charge in [0.05, 0.1) is 12.4 Å². The lowest BCUT2D eigenvalue weighted by Crippen LogP contribution is -2.63. The van der Waals surface area contributed by atoms with Crippen LogP contribution in [0.2, 0.25) is 0 Å². The second-order valence-corrected chi connectivity index (χ2v) is 8.14. The summed E-state index contributed by atoms with van der Waals surface area (Å²) in [7, 11) is 1.91. The summed E-state index contributed by atoms with van der Waals surface area (Å²) in [4.78, 5) is 0. The van der Waals surface area contributed by atoms with Crippen molar-refractivity contribution in [1.82, 2.24) is 0 Å². The maximum Gasteiger partial charge on any atom is 0.233 e. The molecule has 2 bridgehead atoms. The molecule has 0 saturated heterocycles. The summed E-state index contributed by atoms with van der Waals surface area (Å²) in [5.41, 5.74) is 0.354. The minimum atomic E-state index is -3.34. The van der Waals surface area contributed by atoms with Gasteiger partial charge >= 0.3 is 0 Å².